The summed E-state index contributed by atoms with van der Waals surface area (Å²) in [4.78, 5) is 24.2. The Labute approximate surface area is 112 Å². The molecule has 1 saturated heterocycles. The molecule has 2 rings (SSSR count). The first-order valence-corrected chi connectivity index (χ1v) is 6.53. The van der Waals surface area contributed by atoms with Crippen molar-refractivity contribution in [1.29, 1.82) is 0 Å². The average Bonchev–Trinajstić information content (AvgIpc) is 2.39. The van der Waals surface area contributed by atoms with Crippen molar-refractivity contribution < 1.29 is 9.72 Å². The molecule has 0 aliphatic carbocycles. The van der Waals surface area contributed by atoms with Crippen molar-refractivity contribution in [3.8, 4) is 0 Å². The van der Waals surface area contributed by atoms with Crippen molar-refractivity contribution in [2.45, 2.75) is 26.3 Å². The van der Waals surface area contributed by atoms with Gasteiger partial charge in [-0.15, -0.1) is 0 Å². The lowest BCUT2D eigenvalue weighted by atomic mass is 9.94. The number of nitro groups is 1. The molecule has 102 valence electrons. The zero-order valence-electron chi connectivity index (χ0n) is 11.0. The maximum atomic E-state index is 11.4. The van der Waals surface area contributed by atoms with Gasteiger partial charge in [0.2, 0.25) is 0 Å². The molecule has 0 aromatic heterocycles. The summed E-state index contributed by atoms with van der Waals surface area (Å²) in [6, 6.07) is 6.81. The number of benzene rings is 1. The highest BCUT2D eigenvalue weighted by molar-refractivity contribution is 5.78. The molecule has 5 heteroatoms. The van der Waals surface area contributed by atoms with Crippen LogP contribution in [0.25, 0.3) is 0 Å². The normalized spacial score (nSPS) is 20.2. The van der Waals surface area contributed by atoms with Gasteiger partial charge in [0.15, 0.2) is 0 Å². The number of hydrogen-bond donors (Lipinski definition) is 0. The fraction of sp³-hybridized carbons (Fsp3) is 0.500. The number of rotatable bonds is 4. The van der Waals surface area contributed by atoms with Gasteiger partial charge in [0.05, 0.1) is 4.92 Å². The van der Waals surface area contributed by atoms with Gasteiger partial charge in [0.25, 0.3) is 5.69 Å². The number of Topliss-reactive ketones (excluding diaryl/α,β-unsaturated/α-hetero) is 1. The molecular weight excluding hydrogens is 244 g/mol. The maximum absolute atomic E-state index is 11.4. The van der Waals surface area contributed by atoms with Gasteiger partial charge in [-0.2, -0.15) is 0 Å². The number of nitrogens with zero attached hydrogens (tertiary/aromatic N) is 2. The van der Waals surface area contributed by atoms with Crippen LogP contribution in [0.4, 0.5) is 5.69 Å². The van der Waals surface area contributed by atoms with Gasteiger partial charge in [-0.25, -0.2) is 0 Å². The lowest BCUT2D eigenvalue weighted by molar-refractivity contribution is -0.385. The molecule has 19 heavy (non-hydrogen) atoms. The second-order valence-corrected chi connectivity index (χ2v) is 5.07. The molecule has 0 N–H and O–H groups in total. The van der Waals surface area contributed by atoms with E-state index in [-0.39, 0.29) is 22.3 Å². The number of carbonyl (C=O) groups excluding carboxylic acids is 1. The van der Waals surface area contributed by atoms with Gasteiger partial charge in [-0.1, -0.05) is 18.2 Å². The molecule has 1 aliphatic rings. The minimum Gasteiger partial charge on any atom is -0.300 e. The summed E-state index contributed by atoms with van der Waals surface area (Å²) < 4.78 is 0. The quantitative estimate of drug-likeness (QED) is 0.617. The van der Waals surface area contributed by atoms with E-state index < -0.39 is 0 Å². The van der Waals surface area contributed by atoms with Crippen LogP contribution < -0.4 is 0 Å². The number of likely N-dealkylation sites (tertiary alicyclic amines) is 1. The zero-order chi connectivity index (χ0) is 13.8. The molecule has 0 saturated carbocycles. The van der Waals surface area contributed by atoms with Crippen LogP contribution in [0.5, 0.6) is 0 Å². The van der Waals surface area contributed by atoms with Gasteiger partial charge >= 0.3 is 0 Å². The van der Waals surface area contributed by atoms with E-state index in [2.05, 4.69) is 4.90 Å². The maximum Gasteiger partial charge on any atom is 0.273 e. The summed E-state index contributed by atoms with van der Waals surface area (Å²) in [7, 11) is 0. The highest BCUT2D eigenvalue weighted by Gasteiger charge is 2.24. The Balaban J connectivity index is 2.09. The van der Waals surface area contributed by atoms with Gasteiger partial charge in [0.1, 0.15) is 5.78 Å². The van der Waals surface area contributed by atoms with Crippen molar-refractivity contribution in [3.63, 3.8) is 0 Å². The minimum atomic E-state index is -0.345. The predicted octanol–water partition coefficient (Wildman–Crippen LogP) is 2.40. The molecule has 0 amide bonds. The predicted molar refractivity (Wildman–Crippen MR) is 71.8 cm³/mol. The summed E-state index contributed by atoms with van der Waals surface area (Å²) in [6.45, 7) is 3.78. The summed E-state index contributed by atoms with van der Waals surface area (Å²) in [6.07, 6.45) is 1.91. The van der Waals surface area contributed by atoms with Gasteiger partial charge in [-0.3, -0.25) is 19.8 Å². The molecule has 1 heterocycles. The molecule has 1 atom stereocenters. The molecule has 1 aromatic carbocycles. The number of nitro benzene ring substituents is 1. The van der Waals surface area contributed by atoms with E-state index in [0.717, 1.165) is 24.9 Å². The molecule has 0 spiro atoms. The van der Waals surface area contributed by atoms with Crippen LogP contribution in [-0.4, -0.2) is 28.7 Å². The average molecular weight is 262 g/mol. The SMILES string of the molecule is CC(=O)C1CCCN(Cc2ccccc2[N+](=O)[O-])C1. The number of hydrogen-bond acceptors (Lipinski definition) is 4. The van der Waals surface area contributed by atoms with Crippen molar-refractivity contribution in [1.82, 2.24) is 4.90 Å². The van der Waals surface area contributed by atoms with Crippen LogP contribution in [0.3, 0.4) is 0 Å². The lowest BCUT2D eigenvalue weighted by Gasteiger charge is -2.31. The van der Waals surface area contributed by atoms with Gasteiger partial charge in [0, 0.05) is 30.6 Å². The van der Waals surface area contributed by atoms with E-state index >= 15 is 0 Å². The monoisotopic (exact) mass is 262 g/mol. The largest absolute Gasteiger partial charge is 0.300 e. The Bertz CT molecular complexity index is 487. The van der Waals surface area contributed by atoms with Crippen molar-refractivity contribution in [3.05, 3.63) is 39.9 Å². The fourth-order valence-corrected chi connectivity index (χ4v) is 2.59. The Kier molecular flexibility index (Phi) is 4.27. The molecule has 1 aromatic rings. The first-order valence-electron chi connectivity index (χ1n) is 6.53. The van der Waals surface area contributed by atoms with Gasteiger partial charge in [-0.05, 0) is 26.3 Å². The molecule has 0 radical (unpaired) electrons. The van der Waals surface area contributed by atoms with Crippen molar-refractivity contribution in [2.75, 3.05) is 13.1 Å². The Morgan fingerprint density at radius 3 is 2.89 bits per heavy atom. The van der Waals surface area contributed by atoms with E-state index in [1.807, 2.05) is 6.07 Å². The third-order valence-corrected chi connectivity index (χ3v) is 3.66. The molecule has 1 unspecified atom stereocenters. The number of para-hydroxylation sites is 1. The smallest absolute Gasteiger partial charge is 0.273 e. The first kappa shape index (κ1) is 13.7. The van der Waals surface area contributed by atoms with Crippen LogP contribution in [0.1, 0.15) is 25.3 Å². The second kappa shape index (κ2) is 5.93. The minimum absolute atomic E-state index is 0.0801. The first-order chi connectivity index (χ1) is 9.08. The van der Waals surface area contributed by atoms with Crippen LogP contribution in [0.15, 0.2) is 24.3 Å². The van der Waals surface area contributed by atoms with Crippen molar-refractivity contribution in [2.24, 2.45) is 5.92 Å². The zero-order valence-corrected chi connectivity index (χ0v) is 11.0. The second-order valence-electron chi connectivity index (χ2n) is 5.07. The summed E-state index contributed by atoms with van der Waals surface area (Å²) in [5.41, 5.74) is 0.879. The van der Waals surface area contributed by atoms with E-state index in [0.29, 0.717) is 13.1 Å². The van der Waals surface area contributed by atoms with Crippen LogP contribution in [0.2, 0.25) is 0 Å². The summed E-state index contributed by atoms with van der Waals surface area (Å²) in [5.74, 6) is 0.295. The van der Waals surface area contributed by atoms with E-state index in [9.17, 15) is 14.9 Å². The highest BCUT2D eigenvalue weighted by atomic mass is 16.6. The number of carbonyl (C=O) groups is 1. The van der Waals surface area contributed by atoms with Crippen LogP contribution in [0, 0.1) is 16.0 Å². The fourth-order valence-electron chi connectivity index (χ4n) is 2.59. The topological polar surface area (TPSA) is 63.5 Å². The Morgan fingerprint density at radius 1 is 1.47 bits per heavy atom. The summed E-state index contributed by atoms with van der Waals surface area (Å²) in [5, 5.41) is 11.0. The lowest BCUT2D eigenvalue weighted by Crippen LogP contribution is -2.37. The van der Waals surface area contributed by atoms with Gasteiger partial charge < -0.3 is 0 Å². The van der Waals surface area contributed by atoms with Crippen molar-refractivity contribution >= 4 is 11.5 Å². The van der Waals surface area contributed by atoms with E-state index in [4.69, 9.17) is 0 Å². The molecule has 0 bridgehead atoms. The molecule has 5 nitrogen and oxygen atoms in total. The highest BCUT2D eigenvalue weighted by Crippen LogP contribution is 2.23. The number of piperidine rings is 1. The van der Waals surface area contributed by atoms with E-state index in [1.165, 1.54) is 6.07 Å². The standard InChI is InChI=1S/C14H18N2O3/c1-11(17)12-6-4-8-15(9-12)10-13-5-2-3-7-14(13)16(18)19/h2-3,5,7,12H,4,6,8-10H2,1H3. The Hall–Kier alpha value is -1.75. The van der Waals surface area contributed by atoms with Crippen LogP contribution >= 0.6 is 0 Å². The third kappa shape index (κ3) is 3.38. The molecule has 1 fully saturated rings. The summed E-state index contributed by atoms with van der Waals surface area (Å²) >= 11 is 0. The molecule has 1 aliphatic heterocycles. The third-order valence-electron chi connectivity index (χ3n) is 3.66. The van der Waals surface area contributed by atoms with E-state index in [1.54, 1.807) is 19.1 Å². The molecular formula is C14H18N2O3. The van der Waals surface area contributed by atoms with Crippen LogP contribution in [-0.2, 0) is 11.3 Å². The Morgan fingerprint density at radius 2 is 2.21 bits per heavy atom. The number of ketones is 1.